The molecule has 82 valence electrons. The van der Waals surface area contributed by atoms with E-state index in [4.69, 9.17) is 11.5 Å². The van der Waals surface area contributed by atoms with Crippen molar-refractivity contribution in [3.05, 3.63) is 41.7 Å². The lowest BCUT2D eigenvalue weighted by atomic mass is 10.0. The monoisotopic (exact) mass is 215 g/mol. The van der Waals surface area contributed by atoms with Crippen LogP contribution in [0.4, 0.5) is 5.69 Å². The number of nitrogen functional groups attached to an aromatic ring is 1. The average Bonchev–Trinajstić information content (AvgIpc) is 2.62. The second-order valence-corrected chi connectivity index (χ2v) is 3.71. The molecule has 1 aromatic heterocycles. The molecule has 0 bridgehead atoms. The second-order valence-electron chi connectivity index (χ2n) is 3.71. The van der Waals surface area contributed by atoms with Crippen LogP contribution in [-0.2, 0) is 0 Å². The molecule has 4 nitrogen and oxygen atoms in total. The number of aromatic nitrogens is 1. The van der Waals surface area contributed by atoms with Crippen molar-refractivity contribution < 1.29 is 4.79 Å². The summed E-state index contributed by atoms with van der Waals surface area (Å²) in [7, 11) is 0. The maximum absolute atomic E-state index is 11.2. The zero-order valence-electron chi connectivity index (χ0n) is 8.95. The molecule has 0 aliphatic rings. The number of hydrogen-bond acceptors (Lipinski definition) is 2. The Balaban J connectivity index is 2.58. The van der Waals surface area contributed by atoms with Crippen molar-refractivity contribution in [2.45, 2.75) is 6.92 Å². The minimum Gasteiger partial charge on any atom is -0.399 e. The van der Waals surface area contributed by atoms with E-state index in [1.165, 1.54) is 0 Å². The van der Waals surface area contributed by atoms with Crippen molar-refractivity contribution in [1.82, 2.24) is 4.98 Å². The normalized spacial score (nSPS) is 10.3. The predicted octanol–water partition coefficient (Wildman–Crippen LogP) is 1.67. The van der Waals surface area contributed by atoms with Gasteiger partial charge >= 0.3 is 0 Å². The fourth-order valence-electron chi connectivity index (χ4n) is 1.74. The Morgan fingerprint density at radius 2 is 1.88 bits per heavy atom. The number of nitrogens with one attached hydrogen (secondary N) is 1. The molecule has 16 heavy (non-hydrogen) atoms. The third-order valence-corrected chi connectivity index (χ3v) is 2.52. The maximum atomic E-state index is 11.2. The lowest BCUT2D eigenvalue weighted by Crippen LogP contribution is -2.12. The molecule has 0 radical (unpaired) electrons. The van der Waals surface area contributed by atoms with Crippen molar-refractivity contribution in [2.75, 3.05) is 5.73 Å². The van der Waals surface area contributed by atoms with Crippen LogP contribution in [0.15, 0.2) is 30.5 Å². The molecule has 0 atom stereocenters. The van der Waals surface area contributed by atoms with Gasteiger partial charge in [0.15, 0.2) is 0 Å². The summed E-state index contributed by atoms with van der Waals surface area (Å²) in [5.74, 6) is -0.458. The number of aromatic amines is 1. The van der Waals surface area contributed by atoms with Crippen LogP contribution >= 0.6 is 0 Å². The maximum Gasteiger partial charge on any atom is 0.265 e. The molecule has 1 amide bonds. The number of H-pyrrole nitrogens is 1. The fraction of sp³-hybridized carbons (Fsp3) is 0.0833. The number of anilines is 1. The van der Waals surface area contributed by atoms with E-state index in [0.717, 1.165) is 16.7 Å². The van der Waals surface area contributed by atoms with E-state index >= 15 is 0 Å². The molecule has 0 spiro atoms. The topological polar surface area (TPSA) is 84.9 Å². The molecular weight excluding hydrogens is 202 g/mol. The highest BCUT2D eigenvalue weighted by Crippen LogP contribution is 2.27. The molecule has 1 aromatic carbocycles. The van der Waals surface area contributed by atoms with Gasteiger partial charge in [0.2, 0.25) is 0 Å². The third kappa shape index (κ3) is 1.65. The number of carbonyl (C=O) groups excluding carboxylic acids is 1. The van der Waals surface area contributed by atoms with Gasteiger partial charge < -0.3 is 16.5 Å². The number of benzene rings is 1. The molecule has 5 N–H and O–H groups in total. The van der Waals surface area contributed by atoms with Gasteiger partial charge in [0.05, 0.1) is 0 Å². The molecule has 0 saturated heterocycles. The second kappa shape index (κ2) is 3.73. The van der Waals surface area contributed by atoms with E-state index in [2.05, 4.69) is 4.98 Å². The third-order valence-electron chi connectivity index (χ3n) is 2.52. The number of primary amides is 1. The Bertz CT molecular complexity index is 526. The highest BCUT2D eigenvalue weighted by molar-refractivity contribution is 5.99. The van der Waals surface area contributed by atoms with E-state index in [1.54, 1.807) is 18.3 Å². The van der Waals surface area contributed by atoms with Crippen molar-refractivity contribution >= 4 is 11.6 Å². The minimum absolute atomic E-state index is 0.433. The van der Waals surface area contributed by atoms with Gasteiger partial charge in [-0.15, -0.1) is 0 Å². The fourth-order valence-corrected chi connectivity index (χ4v) is 1.74. The Kier molecular flexibility index (Phi) is 2.40. The SMILES string of the molecule is Cc1c[nH]c(C(N)=O)c1-c1ccc(N)cc1. The summed E-state index contributed by atoms with van der Waals surface area (Å²) in [4.78, 5) is 14.1. The molecule has 2 rings (SSSR count). The first-order valence-corrected chi connectivity index (χ1v) is 4.93. The number of rotatable bonds is 2. The zero-order chi connectivity index (χ0) is 11.7. The van der Waals surface area contributed by atoms with Crippen LogP contribution in [0.5, 0.6) is 0 Å². The van der Waals surface area contributed by atoms with Crippen molar-refractivity contribution in [3.8, 4) is 11.1 Å². The number of nitrogens with two attached hydrogens (primary N) is 2. The molecular formula is C12H13N3O. The first-order chi connectivity index (χ1) is 7.59. The van der Waals surface area contributed by atoms with E-state index in [-0.39, 0.29) is 0 Å². The number of hydrogen-bond donors (Lipinski definition) is 3. The van der Waals surface area contributed by atoms with Crippen LogP contribution in [0.3, 0.4) is 0 Å². The highest BCUT2D eigenvalue weighted by Gasteiger charge is 2.14. The van der Waals surface area contributed by atoms with Crippen LogP contribution in [-0.4, -0.2) is 10.9 Å². The van der Waals surface area contributed by atoms with Gasteiger partial charge in [-0.2, -0.15) is 0 Å². The number of amides is 1. The highest BCUT2D eigenvalue weighted by atomic mass is 16.1. The van der Waals surface area contributed by atoms with Gasteiger partial charge in [0.1, 0.15) is 5.69 Å². The molecule has 0 saturated carbocycles. The predicted molar refractivity (Wildman–Crippen MR) is 63.9 cm³/mol. The first kappa shape index (κ1) is 10.3. The van der Waals surface area contributed by atoms with E-state index in [1.807, 2.05) is 19.1 Å². The average molecular weight is 215 g/mol. The summed E-state index contributed by atoms with van der Waals surface area (Å²) in [6.07, 6.45) is 1.77. The van der Waals surface area contributed by atoms with E-state index in [9.17, 15) is 4.79 Å². The van der Waals surface area contributed by atoms with Crippen LogP contribution in [0.1, 0.15) is 16.1 Å². The van der Waals surface area contributed by atoms with E-state index < -0.39 is 5.91 Å². The Morgan fingerprint density at radius 3 is 2.44 bits per heavy atom. The Morgan fingerprint density at radius 1 is 1.25 bits per heavy atom. The summed E-state index contributed by atoms with van der Waals surface area (Å²) in [6, 6.07) is 7.34. The van der Waals surface area contributed by atoms with Crippen LogP contribution in [0.25, 0.3) is 11.1 Å². The summed E-state index contributed by atoms with van der Waals surface area (Å²) in [5, 5.41) is 0. The first-order valence-electron chi connectivity index (χ1n) is 4.93. The summed E-state index contributed by atoms with van der Waals surface area (Å²) in [5.41, 5.74) is 14.8. The van der Waals surface area contributed by atoms with Crippen molar-refractivity contribution in [3.63, 3.8) is 0 Å². The van der Waals surface area contributed by atoms with Crippen molar-refractivity contribution in [1.29, 1.82) is 0 Å². The summed E-state index contributed by atoms with van der Waals surface area (Å²) in [6.45, 7) is 1.93. The lowest BCUT2D eigenvalue weighted by Gasteiger charge is -2.03. The van der Waals surface area contributed by atoms with Crippen LogP contribution < -0.4 is 11.5 Å². The Labute approximate surface area is 93.3 Å². The standard InChI is InChI=1S/C12H13N3O/c1-7-6-15-11(12(14)16)10(7)8-2-4-9(13)5-3-8/h2-6,15H,13H2,1H3,(H2,14,16). The molecule has 0 fully saturated rings. The lowest BCUT2D eigenvalue weighted by molar-refractivity contribution is 0.0997. The van der Waals surface area contributed by atoms with Crippen molar-refractivity contribution in [2.24, 2.45) is 5.73 Å². The van der Waals surface area contributed by atoms with Gasteiger partial charge in [0, 0.05) is 17.4 Å². The summed E-state index contributed by atoms with van der Waals surface area (Å²) >= 11 is 0. The van der Waals surface area contributed by atoms with Gasteiger partial charge in [-0.1, -0.05) is 12.1 Å². The molecule has 1 heterocycles. The quantitative estimate of drug-likeness (QED) is 0.666. The zero-order valence-corrected chi connectivity index (χ0v) is 8.95. The van der Waals surface area contributed by atoms with E-state index in [0.29, 0.717) is 11.4 Å². The molecule has 4 heteroatoms. The van der Waals surface area contributed by atoms with Gasteiger partial charge in [0.25, 0.3) is 5.91 Å². The van der Waals surface area contributed by atoms with Gasteiger partial charge in [-0.3, -0.25) is 4.79 Å². The Hall–Kier alpha value is -2.23. The van der Waals surface area contributed by atoms with Gasteiger partial charge in [-0.25, -0.2) is 0 Å². The van der Waals surface area contributed by atoms with Crippen LogP contribution in [0, 0.1) is 6.92 Å². The number of carbonyl (C=O) groups is 1. The smallest absolute Gasteiger partial charge is 0.265 e. The molecule has 0 aliphatic carbocycles. The van der Waals surface area contributed by atoms with Gasteiger partial charge in [-0.05, 0) is 30.2 Å². The molecule has 0 aliphatic heterocycles. The van der Waals surface area contributed by atoms with Crippen LogP contribution in [0.2, 0.25) is 0 Å². The largest absolute Gasteiger partial charge is 0.399 e. The number of aryl methyl sites for hydroxylation is 1. The molecule has 0 unspecified atom stereocenters. The molecule has 2 aromatic rings. The summed E-state index contributed by atoms with van der Waals surface area (Å²) < 4.78 is 0. The minimum atomic E-state index is -0.458.